The molecular weight excluding hydrogens is 588 g/mol. The molecule has 0 saturated carbocycles. The van der Waals surface area contributed by atoms with E-state index < -0.39 is 17.7 Å². The van der Waals surface area contributed by atoms with Crippen LogP contribution in [0.2, 0.25) is 5.02 Å². The van der Waals surface area contributed by atoms with Crippen molar-refractivity contribution in [3.8, 4) is 28.1 Å². The second kappa shape index (κ2) is 12.7. The van der Waals surface area contributed by atoms with E-state index in [1.165, 1.54) is 7.11 Å². The molecule has 8 nitrogen and oxygen atoms in total. The molecule has 0 bridgehead atoms. The lowest BCUT2D eigenvalue weighted by atomic mass is 9.80. The van der Waals surface area contributed by atoms with E-state index in [-0.39, 0.29) is 11.2 Å². The molecule has 236 valence electrons. The summed E-state index contributed by atoms with van der Waals surface area (Å²) in [4.78, 5) is 20.5. The minimum Gasteiger partial charge on any atom is -0.507 e. The Kier molecular flexibility index (Phi) is 9.10. The Morgan fingerprint density at radius 3 is 2.51 bits per heavy atom. The van der Waals surface area contributed by atoms with Gasteiger partial charge in [-0.15, -0.1) is 0 Å². The molecule has 0 unspecified atom stereocenters. The highest BCUT2D eigenvalue weighted by atomic mass is 35.5. The second-order valence-corrected chi connectivity index (χ2v) is 13.3. The van der Waals surface area contributed by atoms with Crippen LogP contribution >= 0.6 is 11.6 Å². The zero-order valence-corrected chi connectivity index (χ0v) is 27.6. The molecule has 0 amide bonds. The van der Waals surface area contributed by atoms with E-state index >= 15 is 0 Å². The fraction of sp³-hybridized carbons (Fsp3) is 0.361. The van der Waals surface area contributed by atoms with Gasteiger partial charge >= 0.3 is 5.97 Å². The van der Waals surface area contributed by atoms with E-state index in [4.69, 9.17) is 31.2 Å². The standard InChI is InChI=1S/C36H41ClN4O4/c1-8-9-15-36(6)16-18-40(19-17-36)33-31(32(34(43)44-7)45-35(3,4)5)23(2)38-30-22-28(39-41(30)33)25-12-10-11-24(20-25)27-21-26(37)13-14-29(27)42/h8-15,20-22,32,42H,1,16-19H2,2-7H3/t32-/m0/s1. The third kappa shape index (κ3) is 6.92. The van der Waals surface area contributed by atoms with Crippen LogP contribution in [0.4, 0.5) is 5.82 Å². The molecule has 0 spiro atoms. The van der Waals surface area contributed by atoms with Crippen molar-refractivity contribution in [2.75, 3.05) is 25.1 Å². The molecule has 2 aromatic carbocycles. The number of hydrogen-bond acceptors (Lipinski definition) is 7. The number of carbonyl (C=O) groups is 1. The van der Waals surface area contributed by atoms with Gasteiger partial charge in [0.15, 0.2) is 11.8 Å². The minimum absolute atomic E-state index is 0.0251. The maximum Gasteiger partial charge on any atom is 0.339 e. The lowest BCUT2D eigenvalue weighted by Crippen LogP contribution is -2.40. The number of allylic oxidation sites excluding steroid dienone is 3. The first-order valence-electron chi connectivity index (χ1n) is 15.1. The van der Waals surface area contributed by atoms with Crippen LogP contribution in [0.25, 0.3) is 28.0 Å². The van der Waals surface area contributed by atoms with Gasteiger partial charge in [0.25, 0.3) is 0 Å². The Hall–Kier alpha value is -4.14. The number of phenols is 1. The summed E-state index contributed by atoms with van der Waals surface area (Å²) in [6.07, 6.45) is 6.85. The molecule has 45 heavy (non-hydrogen) atoms. The van der Waals surface area contributed by atoms with E-state index in [0.717, 1.165) is 42.9 Å². The molecule has 2 aromatic heterocycles. The molecule has 1 aliphatic heterocycles. The van der Waals surface area contributed by atoms with Crippen molar-refractivity contribution in [1.82, 2.24) is 14.6 Å². The van der Waals surface area contributed by atoms with Gasteiger partial charge in [0, 0.05) is 41.0 Å². The molecule has 0 radical (unpaired) electrons. The SMILES string of the molecule is C=CC=CC1(C)CCN(c2c([C@H](OC(C)(C)C)C(=O)OC)c(C)nc3cc(-c4cccc(-c5cc(Cl)ccc5O)c4)nn23)CC1. The molecule has 9 heteroatoms. The number of ether oxygens (including phenoxy) is 2. The van der Waals surface area contributed by atoms with Crippen molar-refractivity contribution in [3.63, 3.8) is 0 Å². The number of methoxy groups -OCH3 is 1. The Bertz CT molecular complexity index is 1760. The maximum absolute atomic E-state index is 13.3. The summed E-state index contributed by atoms with van der Waals surface area (Å²) in [7, 11) is 1.37. The summed E-state index contributed by atoms with van der Waals surface area (Å²) in [6, 6.07) is 14.7. The van der Waals surface area contributed by atoms with Gasteiger partial charge in [0.05, 0.1) is 24.0 Å². The number of nitrogens with zero attached hydrogens (tertiary/aromatic N) is 4. The lowest BCUT2D eigenvalue weighted by molar-refractivity contribution is -0.164. The summed E-state index contributed by atoms with van der Waals surface area (Å²) in [5.74, 6) is 0.415. The van der Waals surface area contributed by atoms with Crippen LogP contribution in [0.3, 0.4) is 0 Å². The number of rotatable bonds is 8. The topological polar surface area (TPSA) is 89.2 Å². The summed E-state index contributed by atoms with van der Waals surface area (Å²) >= 11 is 6.25. The van der Waals surface area contributed by atoms with E-state index in [1.807, 2.05) is 74.7 Å². The fourth-order valence-electron chi connectivity index (χ4n) is 5.83. The lowest BCUT2D eigenvalue weighted by Gasteiger charge is -2.40. The van der Waals surface area contributed by atoms with Gasteiger partial charge in [-0.1, -0.05) is 61.5 Å². The zero-order chi connectivity index (χ0) is 32.5. The predicted octanol–water partition coefficient (Wildman–Crippen LogP) is 8.11. The van der Waals surface area contributed by atoms with E-state index in [2.05, 4.69) is 24.5 Å². The Morgan fingerprint density at radius 2 is 1.84 bits per heavy atom. The van der Waals surface area contributed by atoms with Crippen LogP contribution in [0.1, 0.15) is 57.9 Å². The number of piperidine rings is 1. The number of carbonyl (C=O) groups excluding carboxylic acids is 1. The van der Waals surface area contributed by atoms with Crippen molar-refractivity contribution in [2.24, 2.45) is 5.41 Å². The number of aryl methyl sites for hydroxylation is 1. The van der Waals surface area contributed by atoms with Gasteiger partial charge in [-0.3, -0.25) is 0 Å². The minimum atomic E-state index is -1.00. The van der Waals surface area contributed by atoms with Gasteiger partial charge in [-0.05, 0) is 75.8 Å². The number of halogens is 1. The Labute approximate surface area is 270 Å². The average Bonchev–Trinajstić information content (AvgIpc) is 3.43. The van der Waals surface area contributed by atoms with Crippen molar-refractivity contribution < 1.29 is 19.4 Å². The number of phenolic OH excluding ortho intramolecular Hbond substituents is 1. The molecule has 1 N–H and O–H groups in total. The molecule has 1 aliphatic rings. The number of esters is 1. The van der Waals surface area contributed by atoms with Gasteiger partial charge in [0.2, 0.25) is 0 Å². The summed E-state index contributed by atoms with van der Waals surface area (Å²) < 4.78 is 13.5. The summed E-state index contributed by atoms with van der Waals surface area (Å²) in [5, 5.41) is 16.1. The third-order valence-corrected chi connectivity index (χ3v) is 8.46. The van der Waals surface area contributed by atoms with E-state index in [0.29, 0.717) is 33.2 Å². The van der Waals surface area contributed by atoms with Crippen LogP contribution < -0.4 is 4.90 Å². The molecule has 5 rings (SSSR count). The maximum atomic E-state index is 13.3. The largest absolute Gasteiger partial charge is 0.507 e. The number of fused-ring (bicyclic) bond motifs is 1. The van der Waals surface area contributed by atoms with Crippen LogP contribution in [-0.4, -0.2) is 51.5 Å². The van der Waals surface area contributed by atoms with Crippen LogP contribution in [0.5, 0.6) is 5.75 Å². The van der Waals surface area contributed by atoms with Crippen LogP contribution in [-0.2, 0) is 14.3 Å². The predicted molar refractivity (Wildman–Crippen MR) is 180 cm³/mol. The van der Waals surface area contributed by atoms with Crippen molar-refractivity contribution in [1.29, 1.82) is 0 Å². The molecule has 4 aromatic rings. The average molecular weight is 629 g/mol. The Balaban J connectivity index is 1.68. The highest BCUT2D eigenvalue weighted by Crippen LogP contribution is 2.41. The molecule has 1 fully saturated rings. The molecular formula is C36H41ClN4O4. The fourth-order valence-corrected chi connectivity index (χ4v) is 6.01. The summed E-state index contributed by atoms with van der Waals surface area (Å²) in [5.41, 5.74) is 4.34. The number of aromatic hydroxyl groups is 1. The van der Waals surface area contributed by atoms with E-state index in [1.54, 1.807) is 18.2 Å². The van der Waals surface area contributed by atoms with Crippen molar-refractivity contribution in [3.05, 3.63) is 89.6 Å². The van der Waals surface area contributed by atoms with Crippen molar-refractivity contribution >= 4 is 29.0 Å². The zero-order valence-electron chi connectivity index (χ0n) is 26.8. The summed E-state index contributed by atoms with van der Waals surface area (Å²) in [6.45, 7) is 15.2. The van der Waals surface area contributed by atoms with E-state index in [9.17, 15) is 9.90 Å². The molecule has 1 saturated heterocycles. The van der Waals surface area contributed by atoms with Gasteiger partial charge < -0.3 is 19.5 Å². The Morgan fingerprint density at radius 1 is 1.13 bits per heavy atom. The quantitative estimate of drug-likeness (QED) is 0.156. The highest BCUT2D eigenvalue weighted by Gasteiger charge is 2.37. The molecule has 3 heterocycles. The van der Waals surface area contributed by atoms with Crippen LogP contribution in [0.15, 0.2) is 73.3 Å². The molecule has 1 atom stereocenters. The first-order valence-corrected chi connectivity index (χ1v) is 15.5. The first kappa shape index (κ1) is 32.3. The van der Waals surface area contributed by atoms with Gasteiger partial charge in [-0.25, -0.2) is 9.78 Å². The first-order chi connectivity index (χ1) is 21.3. The monoisotopic (exact) mass is 628 g/mol. The van der Waals surface area contributed by atoms with Crippen LogP contribution in [0, 0.1) is 12.3 Å². The number of benzene rings is 2. The number of hydrogen-bond donors (Lipinski definition) is 1. The second-order valence-electron chi connectivity index (χ2n) is 12.8. The highest BCUT2D eigenvalue weighted by molar-refractivity contribution is 6.31. The molecule has 0 aliphatic carbocycles. The third-order valence-electron chi connectivity index (χ3n) is 8.22. The van der Waals surface area contributed by atoms with Crippen molar-refractivity contribution in [2.45, 2.75) is 59.2 Å². The normalized spacial score (nSPS) is 15.8. The number of anilines is 1. The van der Waals surface area contributed by atoms with Gasteiger partial charge in [-0.2, -0.15) is 9.61 Å². The van der Waals surface area contributed by atoms with Gasteiger partial charge in [0.1, 0.15) is 11.6 Å². The smallest absolute Gasteiger partial charge is 0.339 e. The number of aromatic nitrogens is 3.